The van der Waals surface area contributed by atoms with Crippen molar-refractivity contribution in [3.05, 3.63) is 35.9 Å². The number of hydrogen-bond donors (Lipinski definition) is 1. The van der Waals surface area contributed by atoms with Crippen LogP contribution in [0.2, 0.25) is 0 Å². The van der Waals surface area contributed by atoms with Gasteiger partial charge in [-0.2, -0.15) is 0 Å². The summed E-state index contributed by atoms with van der Waals surface area (Å²) in [6.07, 6.45) is 0.0582. The van der Waals surface area contributed by atoms with E-state index in [2.05, 4.69) is 24.1 Å². The van der Waals surface area contributed by atoms with Gasteiger partial charge in [-0.05, 0) is 26.3 Å². The summed E-state index contributed by atoms with van der Waals surface area (Å²) in [4.78, 5) is 14.4. The normalized spacial score (nSPS) is 23.4. The first-order valence-corrected chi connectivity index (χ1v) is 8.35. The van der Waals surface area contributed by atoms with Crippen molar-refractivity contribution in [3.8, 4) is 0 Å². The average Bonchev–Trinajstić information content (AvgIpc) is 2.52. The predicted molar refractivity (Wildman–Crippen MR) is 90.2 cm³/mol. The van der Waals surface area contributed by atoms with E-state index in [0.717, 1.165) is 25.2 Å². The number of nitrogens with zero attached hydrogens (tertiary/aromatic N) is 1. The summed E-state index contributed by atoms with van der Waals surface area (Å²) in [5, 5.41) is 2.95. The molecular formula is C18H28N2O3. The van der Waals surface area contributed by atoms with Gasteiger partial charge in [-0.3, -0.25) is 9.69 Å². The van der Waals surface area contributed by atoms with Crippen molar-refractivity contribution in [1.82, 2.24) is 10.2 Å². The van der Waals surface area contributed by atoms with Crippen LogP contribution in [0.5, 0.6) is 0 Å². The SMILES string of the molecule is C[C@@H]1CN(CCNC(=O)[C@@H](C)OCc2ccccc2)C[C@@H](C)O1. The molecule has 0 saturated carbocycles. The summed E-state index contributed by atoms with van der Waals surface area (Å²) in [5.74, 6) is -0.0599. The van der Waals surface area contributed by atoms with Crippen molar-refractivity contribution in [2.45, 2.75) is 45.7 Å². The Morgan fingerprint density at radius 1 is 1.30 bits per heavy atom. The Bertz CT molecular complexity index is 470. The minimum absolute atomic E-state index is 0.0599. The molecule has 3 atom stereocenters. The standard InChI is InChI=1S/C18H28N2O3/c1-14-11-20(12-15(2)23-14)10-9-19-18(21)16(3)22-13-17-7-5-4-6-8-17/h4-8,14-16H,9-13H2,1-3H3,(H,19,21)/t14-,15-,16-/m1/s1. The highest BCUT2D eigenvalue weighted by Gasteiger charge is 2.22. The van der Waals surface area contributed by atoms with Gasteiger partial charge in [0, 0.05) is 26.2 Å². The van der Waals surface area contributed by atoms with Gasteiger partial charge in [0.15, 0.2) is 0 Å². The second-order valence-electron chi connectivity index (χ2n) is 6.25. The molecule has 2 rings (SSSR count). The molecule has 1 amide bonds. The fourth-order valence-corrected chi connectivity index (χ4v) is 2.82. The molecule has 1 heterocycles. The molecule has 1 aliphatic heterocycles. The number of ether oxygens (including phenoxy) is 2. The monoisotopic (exact) mass is 320 g/mol. The molecule has 1 saturated heterocycles. The summed E-state index contributed by atoms with van der Waals surface area (Å²) in [5.41, 5.74) is 1.07. The van der Waals surface area contributed by atoms with Gasteiger partial charge in [-0.1, -0.05) is 30.3 Å². The number of amides is 1. The Morgan fingerprint density at radius 2 is 1.96 bits per heavy atom. The quantitative estimate of drug-likeness (QED) is 0.832. The minimum atomic E-state index is -0.447. The molecule has 0 spiro atoms. The van der Waals surface area contributed by atoms with Crippen LogP contribution in [0.15, 0.2) is 30.3 Å². The van der Waals surface area contributed by atoms with Crippen molar-refractivity contribution in [1.29, 1.82) is 0 Å². The number of rotatable bonds is 7. The molecule has 0 radical (unpaired) electrons. The number of benzene rings is 1. The van der Waals surface area contributed by atoms with E-state index in [9.17, 15) is 4.79 Å². The van der Waals surface area contributed by atoms with E-state index in [1.165, 1.54) is 0 Å². The van der Waals surface area contributed by atoms with Crippen LogP contribution in [0, 0.1) is 0 Å². The third-order valence-electron chi connectivity index (χ3n) is 3.93. The van der Waals surface area contributed by atoms with Crippen molar-refractivity contribution in [3.63, 3.8) is 0 Å². The largest absolute Gasteiger partial charge is 0.373 e. The molecule has 0 unspecified atom stereocenters. The van der Waals surface area contributed by atoms with Gasteiger partial charge in [0.1, 0.15) is 6.10 Å². The number of hydrogen-bond acceptors (Lipinski definition) is 4. The lowest BCUT2D eigenvalue weighted by Crippen LogP contribution is -2.48. The highest BCUT2D eigenvalue weighted by atomic mass is 16.5. The summed E-state index contributed by atoms with van der Waals surface area (Å²) in [6.45, 7) is 9.72. The van der Waals surface area contributed by atoms with E-state index in [4.69, 9.17) is 9.47 Å². The highest BCUT2D eigenvalue weighted by molar-refractivity contribution is 5.80. The van der Waals surface area contributed by atoms with E-state index < -0.39 is 6.10 Å². The summed E-state index contributed by atoms with van der Waals surface area (Å²) < 4.78 is 11.3. The molecule has 23 heavy (non-hydrogen) atoms. The average molecular weight is 320 g/mol. The molecule has 5 nitrogen and oxygen atoms in total. The molecule has 1 fully saturated rings. The molecule has 1 aromatic rings. The van der Waals surface area contributed by atoms with Crippen molar-refractivity contribution in [2.24, 2.45) is 0 Å². The number of nitrogens with one attached hydrogen (secondary N) is 1. The summed E-state index contributed by atoms with van der Waals surface area (Å²) >= 11 is 0. The second-order valence-corrected chi connectivity index (χ2v) is 6.25. The zero-order chi connectivity index (χ0) is 16.7. The zero-order valence-corrected chi connectivity index (χ0v) is 14.3. The number of carbonyl (C=O) groups is 1. The Kier molecular flexibility index (Phi) is 7.02. The maximum atomic E-state index is 12.1. The van der Waals surface area contributed by atoms with Crippen molar-refractivity contribution in [2.75, 3.05) is 26.2 Å². The van der Waals surface area contributed by atoms with Gasteiger partial charge in [0.25, 0.3) is 0 Å². The maximum Gasteiger partial charge on any atom is 0.248 e. The molecule has 5 heteroatoms. The van der Waals surface area contributed by atoms with E-state index in [-0.39, 0.29) is 18.1 Å². The van der Waals surface area contributed by atoms with Crippen LogP contribution < -0.4 is 5.32 Å². The van der Waals surface area contributed by atoms with Crippen LogP contribution in [0.4, 0.5) is 0 Å². The Balaban J connectivity index is 1.64. The van der Waals surface area contributed by atoms with E-state index in [0.29, 0.717) is 13.2 Å². The van der Waals surface area contributed by atoms with Gasteiger partial charge >= 0.3 is 0 Å². The molecule has 0 aromatic heterocycles. The van der Waals surface area contributed by atoms with Crippen LogP contribution in [-0.4, -0.2) is 55.3 Å². The first kappa shape index (κ1) is 17.9. The van der Waals surface area contributed by atoms with Gasteiger partial charge in [-0.15, -0.1) is 0 Å². The molecule has 1 aromatic carbocycles. The minimum Gasteiger partial charge on any atom is -0.373 e. The van der Waals surface area contributed by atoms with E-state index >= 15 is 0 Å². The van der Waals surface area contributed by atoms with E-state index in [1.54, 1.807) is 6.92 Å². The third kappa shape index (κ3) is 6.29. The van der Waals surface area contributed by atoms with Crippen LogP contribution >= 0.6 is 0 Å². The zero-order valence-electron chi connectivity index (χ0n) is 14.3. The molecule has 128 valence electrons. The molecular weight excluding hydrogens is 292 g/mol. The Hall–Kier alpha value is -1.43. The van der Waals surface area contributed by atoms with Crippen molar-refractivity contribution < 1.29 is 14.3 Å². The first-order valence-electron chi connectivity index (χ1n) is 8.35. The van der Waals surface area contributed by atoms with Crippen LogP contribution in [-0.2, 0) is 20.9 Å². The fraction of sp³-hybridized carbons (Fsp3) is 0.611. The molecule has 0 bridgehead atoms. The predicted octanol–water partition coefficient (Wildman–Crippen LogP) is 1.82. The lowest BCUT2D eigenvalue weighted by molar-refractivity contribution is -0.132. The van der Waals surface area contributed by atoms with Gasteiger partial charge < -0.3 is 14.8 Å². The fourth-order valence-electron chi connectivity index (χ4n) is 2.82. The van der Waals surface area contributed by atoms with Crippen LogP contribution in [0.25, 0.3) is 0 Å². The maximum absolute atomic E-state index is 12.1. The lowest BCUT2D eigenvalue weighted by atomic mass is 10.2. The third-order valence-corrected chi connectivity index (χ3v) is 3.93. The van der Waals surface area contributed by atoms with E-state index in [1.807, 2.05) is 30.3 Å². The van der Waals surface area contributed by atoms with Gasteiger partial charge in [-0.25, -0.2) is 0 Å². The lowest BCUT2D eigenvalue weighted by Gasteiger charge is -2.35. The number of morpholine rings is 1. The van der Waals surface area contributed by atoms with Crippen LogP contribution in [0.1, 0.15) is 26.3 Å². The second kappa shape index (κ2) is 9.01. The Labute approximate surface area is 139 Å². The number of carbonyl (C=O) groups excluding carboxylic acids is 1. The first-order chi connectivity index (χ1) is 11.0. The molecule has 1 aliphatic rings. The van der Waals surface area contributed by atoms with Crippen LogP contribution in [0.3, 0.4) is 0 Å². The molecule has 1 N–H and O–H groups in total. The summed E-state index contributed by atoms with van der Waals surface area (Å²) in [7, 11) is 0. The smallest absolute Gasteiger partial charge is 0.248 e. The van der Waals surface area contributed by atoms with Gasteiger partial charge in [0.2, 0.25) is 5.91 Å². The Morgan fingerprint density at radius 3 is 2.61 bits per heavy atom. The van der Waals surface area contributed by atoms with Crippen molar-refractivity contribution >= 4 is 5.91 Å². The highest BCUT2D eigenvalue weighted by Crippen LogP contribution is 2.09. The summed E-state index contributed by atoms with van der Waals surface area (Å²) in [6, 6.07) is 9.88. The van der Waals surface area contributed by atoms with Gasteiger partial charge in [0.05, 0.1) is 18.8 Å². The topological polar surface area (TPSA) is 50.8 Å². The molecule has 0 aliphatic carbocycles.